The number of nitrogens with zero attached hydrogens (tertiary/aromatic N) is 5. The number of aromatic nitrogens is 4. The molecule has 0 bridgehead atoms. The summed E-state index contributed by atoms with van der Waals surface area (Å²) in [4.78, 5) is 40.0. The van der Waals surface area contributed by atoms with E-state index >= 15 is 0 Å². The lowest BCUT2D eigenvalue weighted by Gasteiger charge is -2.16. The third-order valence-corrected chi connectivity index (χ3v) is 6.82. The number of amides is 2. The number of carbonyl (C=O) groups excluding carboxylic acids is 2. The molecule has 4 rings (SSSR count). The molecule has 0 saturated carbocycles. The van der Waals surface area contributed by atoms with Crippen molar-refractivity contribution in [1.82, 2.24) is 24.5 Å². The maximum atomic E-state index is 13.2. The first-order valence-electron chi connectivity index (χ1n) is 11.5. The lowest BCUT2D eigenvalue weighted by Crippen LogP contribution is -2.33. The highest BCUT2D eigenvalue weighted by molar-refractivity contribution is 7.99. The van der Waals surface area contributed by atoms with Gasteiger partial charge in [-0.1, -0.05) is 49.0 Å². The second-order valence-electron chi connectivity index (χ2n) is 8.30. The minimum atomic E-state index is -0.228. The van der Waals surface area contributed by atoms with Crippen molar-refractivity contribution in [3.63, 3.8) is 0 Å². The first-order valence-corrected chi connectivity index (χ1v) is 12.5. The fourth-order valence-corrected chi connectivity index (χ4v) is 4.56. The van der Waals surface area contributed by atoms with Crippen molar-refractivity contribution in [2.24, 2.45) is 0 Å². The molecule has 9 nitrogen and oxygen atoms in total. The molecule has 1 N–H and O–H groups in total. The number of hydrogen-bond acceptors (Lipinski definition) is 6. The van der Waals surface area contributed by atoms with Crippen LogP contribution < -0.4 is 15.8 Å². The summed E-state index contributed by atoms with van der Waals surface area (Å²) in [6, 6.07) is 16.7. The summed E-state index contributed by atoms with van der Waals surface area (Å²) in [6.45, 7) is 4.12. The fraction of sp³-hybridized carbons (Fsp3) is 0.320. The summed E-state index contributed by atoms with van der Waals surface area (Å²) in [6.07, 6.45) is 0.975. The molecule has 0 unspecified atom stereocenters. The van der Waals surface area contributed by atoms with Crippen molar-refractivity contribution in [1.29, 1.82) is 0 Å². The number of aryl methyl sites for hydroxylation is 1. The van der Waals surface area contributed by atoms with Crippen LogP contribution in [0.2, 0.25) is 0 Å². The van der Waals surface area contributed by atoms with Crippen molar-refractivity contribution in [3.8, 4) is 0 Å². The second kappa shape index (κ2) is 10.7. The van der Waals surface area contributed by atoms with Crippen LogP contribution in [-0.2, 0) is 16.1 Å². The smallest absolute Gasteiger partial charge is 0.262 e. The van der Waals surface area contributed by atoms with Crippen LogP contribution in [0.1, 0.15) is 26.7 Å². The van der Waals surface area contributed by atoms with Gasteiger partial charge in [0.15, 0.2) is 5.16 Å². The maximum absolute atomic E-state index is 13.2. The Balaban J connectivity index is 1.63. The fourth-order valence-electron chi connectivity index (χ4n) is 3.71. The van der Waals surface area contributed by atoms with Gasteiger partial charge in [0, 0.05) is 31.7 Å². The standard InChI is InChI=1S/C25H28N6O3S/c1-4-17(2)26-21(32)14-15-30-23(34)19-12-8-9-13-20(19)31-24(30)27-28-25(31)35-16-22(33)29(3)18-10-6-5-7-11-18/h5-13,17H,4,14-16H2,1-3H3,(H,26,32)/t17-/m0/s1. The van der Waals surface area contributed by atoms with E-state index in [1.54, 1.807) is 28.5 Å². The van der Waals surface area contributed by atoms with Crippen LogP contribution in [-0.4, -0.2) is 49.8 Å². The van der Waals surface area contributed by atoms with Crippen LogP contribution in [0.3, 0.4) is 0 Å². The molecule has 4 aromatic rings. The van der Waals surface area contributed by atoms with Gasteiger partial charge >= 0.3 is 0 Å². The summed E-state index contributed by atoms with van der Waals surface area (Å²) in [5, 5.41) is 12.5. The zero-order valence-electron chi connectivity index (χ0n) is 20.0. The van der Waals surface area contributed by atoms with E-state index in [-0.39, 0.29) is 42.1 Å². The van der Waals surface area contributed by atoms with Crippen molar-refractivity contribution < 1.29 is 9.59 Å². The highest BCUT2D eigenvalue weighted by atomic mass is 32.2. The average Bonchev–Trinajstić information content (AvgIpc) is 3.31. The van der Waals surface area contributed by atoms with Crippen LogP contribution in [0.15, 0.2) is 64.5 Å². The lowest BCUT2D eigenvalue weighted by molar-refractivity contribution is -0.122. The Morgan fingerprint density at radius 3 is 2.54 bits per heavy atom. The van der Waals surface area contributed by atoms with E-state index in [1.807, 2.05) is 56.3 Å². The minimum absolute atomic E-state index is 0.0680. The van der Waals surface area contributed by atoms with Gasteiger partial charge in [-0.15, -0.1) is 10.2 Å². The van der Waals surface area contributed by atoms with Gasteiger partial charge in [-0.25, -0.2) is 0 Å². The molecule has 10 heteroatoms. The lowest BCUT2D eigenvalue weighted by atomic mass is 10.2. The SMILES string of the molecule is CC[C@H](C)NC(=O)CCn1c(=O)c2ccccc2n2c(SCC(=O)N(C)c3ccccc3)nnc12. The predicted octanol–water partition coefficient (Wildman–Crippen LogP) is 3.10. The monoisotopic (exact) mass is 492 g/mol. The molecule has 0 aliphatic rings. The van der Waals surface area contributed by atoms with Gasteiger partial charge in [0.2, 0.25) is 17.6 Å². The number of benzene rings is 2. The van der Waals surface area contributed by atoms with Crippen molar-refractivity contribution >= 4 is 45.9 Å². The molecule has 2 aromatic heterocycles. The van der Waals surface area contributed by atoms with Crippen LogP contribution >= 0.6 is 11.8 Å². The van der Waals surface area contributed by atoms with Gasteiger partial charge in [0.05, 0.1) is 16.7 Å². The molecule has 182 valence electrons. The molecule has 35 heavy (non-hydrogen) atoms. The van der Waals surface area contributed by atoms with Crippen LogP contribution in [0.5, 0.6) is 0 Å². The maximum Gasteiger partial charge on any atom is 0.262 e. The highest BCUT2D eigenvalue weighted by Gasteiger charge is 2.19. The summed E-state index contributed by atoms with van der Waals surface area (Å²) in [7, 11) is 1.73. The molecule has 2 aromatic carbocycles. The molecular weight excluding hydrogens is 464 g/mol. The van der Waals surface area contributed by atoms with E-state index in [9.17, 15) is 14.4 Å². The van der Waals surface area contributed by atoms with Gasteiger partial charge in [-0.05, 0) is 37.6 Å². The van der Waals surface area contributed by atoms with Gasteiger partial charge in [-0.3, -0.25) is 23.4 Å². The van der Waals surface area contributed by atoms with Gasteiger partial charge in [0.25, 0.3) is 5.56 Å². The molecule has 0 saturated heterocycles. The number of fused-ring (bicyclic) bond motifs is 3. The first kappa shape index (κ1) is 24.5. The molecule has 0 aliphatic carbocycles. The molecule has 0 fully saturated rings. The molecule has 0 aliphatic heterocycles. The number of carbonyl (C=O) groups is 2. The number of anilines is 1. The van der Waals surface area contributed by atoms with E-state index in [2.05, 4.69) is 15.5 Å². The summed E-state index contributed by atoms with van der Waals surface area (Å²) >= 11 is 1.26. The number of thioether (sulfide) groups is 1. The van der Waals surface area contributed by atoms with E-state index in [0.717, 1.165) is 12.1 Å². The van der Waals surface area contributed by atoms with Gasteiger partial charge < -0.3 is 10.2 Å². The largest absolute Gasteiger partial charge is 0.354 e. The Morgan fingerprint density at radius 1 is 1.09 bits per heavy atom. The Morgan fingerprint density at radius 2 is 1.80 bits per heavy atom. The van der Waals surface area contributed by atoms with Crippen LogP contribution in [0.4, 0.5) is 5.69 Å². The summed E-state index contributed by atoms with van der Waals surface area (Å²) in [5.74, 6) is 0.284. The zero-order chi connectivity index (χ0) is 24.9. The molecule has 0 spiro atoms. The Kier molecular flexibility index (Phi) is 7.50. The first-order chi connectivity index (χ1) is 16.9. The van der Waals surface area contributed by atoms with Crippen molar-refractivity contribution in [2.45, 2.75) is 44.4 Å². The van der Waals surface area contributed by atoms with E-state index < -0.39 is 0 Å². The molecule has 2 heterocycles. The normalized spacial score (nSPS) is 12.1. The predicted molar refractivity (Wildman–Crippen MR) is 138 cm³/mol. The molecular formula is C25H28N6O3S. The average molecular weight is 493 g/mol. The van der Waals surface area contributed by atoms with E-state index in [1.165, 1.54) is 16.3 Å². The number of rotatable bonds is 9. The number of para-hydroxylation sites is 2. The molecule has 2 amide bonds. The third-order valence-electron chi connectivity index (χ3n) is 5.90. The number of nitrogens with one attached hydrogen (secondary N) is 1. The Hall–Kier alpha value is -3.66. The van der Waals surface area contributed by atoms with Crippen molar-refractivity contribution in [3.05, 3.63) is 65.0 Å². The van der Waals surface area contributed by atoms with E-state index in [0.29, 0.717) is 21.8 Å². The molecule has 0 radical (unpaired) electrons. The second-order valence-corrected chi connectivity index (χ2v) is 9.24. The molecule has 1 atom stereocenters. The highest BCUT2D eigenvalue weighted by Crippen LogP contribution is 2.23. The number of hydrogen-bond donors (Lipinski definition) is 1. The van der Waals surface area contributed by atoms with E-state index in [4.69, 9.17) is 0 Å². The topological polar surface area (TPSA) is 102 Å². The van der Waals surface area contributed by atoms with Gasteiger partial charge in [-0.2, -0.15) is 0 Å². The van der Waals surface area contributed by atoms with Crippen LogP contribution in [0, 0.1) is 0 Å². The quantitative estimate of drug-likeness (QED) is 0.360. The van der Waals surface area contributed by atoms with Crippen molar-refractivity contribution in [2.75, 3.05) is 17.7 Å². The third kappa shape index (κ3) is 5.22. The van der Waals surface area contributed by atoms with Gasteiger partial charge in [0.1, 0.15) is 0 Å². The van der Waals surface area contributed by atoms with Crippen LogP contribution in [0.25, 0.3) is 16.7 Å². The Bertz CT molecular complexity index is 1420. The summed E-state index contributed by atoms with van der Waals surface area (Å²) in [5.41, 5.74) is 1.23. The summed E-state index contributed by atoms with van der Waals surface area (Å²) < 4.78 is 3.26. The Labute approximate surface area is 207 Å². The zero-order valence-corrected chi connectivity index (χ0v) is 20.8. The minimum Gasteiger partial charge on any atom is -0.354 e.